The van der Waals surface area contributed by atoms with E-state index in [1.165, 1.54) is 0 Å². The molecule has 1 aliphatic rings. The Morgan fingerprint density at radius 1 is 1.50 bits per heavy atom. The zero-order valence-electron chi connectivity index (χ0n) is 9.34. The van der Waals surface area contributed by atoms with Gasteiger partial charge in [0.25, 0.3) is 0 Å². The highest BCUT2D eigenvalue weighted by atomic mass is 32.1. The Bertz CT molecular complexity index is 651. The van der Waals surface area contributed by atoms with Crippen molar-refractivity contribution >= 4 is 23.9 Å². The van der Waals surface area contributed by atoms with Gasteiger partial charge in [-0.3, -0.25) is 9.78 Å². The monoisotopic (exact) mass is 263 g/mol. The number of hydrogen-bond acceptors (Lipinski definition) is 5. The van der Waals surface area contributed by atoms with Gasteiger partial charge in [-0.05, 0) is 16.6 Å². The third-order valence-corrected chi connectivity index (χ3v) is 3.85. The second kappa shape index (κ2) is 4.27. The average Bonchev–Trinajstić information content (AvgIpc) is 2.84. The van der Waals surface area contributed by atoms with E-state index in [2.05, 4.69) is 4.98 Å². The van der Waals surface area contributed by atoms with Crippen LogP contribution in [0, 0.1) is 0 Å². The van der Waals surface area contributed by atoms with Crippen molar-refractivity contribution in [2.45, 2.75) is 13.0 Å². The maximum Gasteiger partial charge on any atom is 0.492 e. The van der Waals surface area contributed by atoms with Gasteiger partial charge in [-0.2, -0.15) is 0 Å². The first kappa shape index (κ1) is 11.5. The van der Waals surface area contributed by atoms with Crippen LogP contribution in [-0.2, 0) is 17.7 Å². The van der Waals surface area contributed by atoms with Crippen LogP contribution in [0.25, 0.3) is 0 Å². The first-order valence-electron chi connectivity index (χ1n) is 5.46. The molecule has 0 spiro atoms. The first-order chi connectivity index (χ1) is 8.65. The number of hydrogen-bond donors (Lipinski definition) is 3. The van der Waals surface area contributed by atoms with Gasteiger partial charge in [-0.25, -0.2) is 0 Å². The largest absolute Gasteiger partial charge is 0.494 e. The quantitative estimate of drug-likeness (QED) is 0.663. The zero-order valence-corrected chi connectivity index (χ0v) is 10.2. The van der Waals surface area contributed by atoms with E-state index in [4.69, 9.17) is 4.65 Å². The Kier molecular flexibility index (Phi) is 2.73. The van der Waals surface area contributed by atoms with Gasteiger partial charge in [0.05, 0.1) is 11.5 Å². The summed E-state index contributed by atoms with van der Waals surface area (Å²) in [5.41, 5.74) is 2.56. The molecule has 0 aliphatic carbocycles. The Balaban J connectivity index is 2.01. The normalized spacial score (nSPS) is 13.9. The lowest BCUT2D eigenvalue weighted by Gasteiger charge is -2.06. The number of aromatic nitrogens is 1. The van der Waals surface area contributed by atoms with E-state index in [1.54, 1.807) is 0 Å². The van der Waals surface area contributed by atoms with Gasteiger partial charge in [0, 0.05) is 6.42 Å². The maximum atomic E-state index is 11.1. The lowest BCUT2D eigenvalue weighted by molar-refractivity contribution is 0.275. The maximum absolute atomic E-state index is 11.1. The molecule has 3 N–H and O–H groups in total. The molecule has 0 unspecified atom stereocenters. The third kappa shape index (κ3) is 1.86. The summed E-state index contributed by atoms with van der Waals surface area (Å²) in [5, 5.41) is 19.3. The molecule has 0 fully saturated rings. The van der Waals surface area contributed by atoms with Crippen molar-refractivity contribution in [1.82, 2.24) is 4.98 Å². The van der Waals surface area contributed by atoms with Gasteiger partial charge in [-0.15, -0.1) is 0 Å². The molecule has 5 nitrogen and oxygen atoms in total. The molecule has 0 bridgehead atoms. The summed E-state index contributed by atoms with van der Waals surface area (Å²) in [6.45, 7) is 0.389. The summed E-state index contributed by atoms with van der Waals surface area (Å²) in [5.74, 6) is -0.101. The minimum atomic E-state index is -0.922. The highest BCUT2D eigenvalue weighted by Crippen LogP contribution is 2.21. The van der Waals surface area contributed by atoms with E-state index in [9.17, 15) is 14.9 Å². The van der Waals surface area contributed by atoms with Crippen LogP contribution in [0.4, 0.5) is 0 Å². The molecule has 2 heterocycles. The van der Waals surface area contributed by atoms with Gasteiger partial charge in [0.15, 0.2) is 0 Å². The Morgan fingerprint density at radius 3 is 3.06 bits per heavy atom. The summed E-state index contributed by atoms with van der Waals surface area (Å²) >= 11 is 0.972. The van der Waals surface area contributed by atoms with E-state index >= 15 is 0 Å². The molecule has 1 aromatic heterocycles. The van der Waals surface area contributed by atoms with Crippen LogP contribution in [0.15, 0.2) is 23.0 Å². The van der Waals surface area contributed by atoms with Crippen molar-refractivity contribution in [3.63, 3.8) is 0 Å². The Morgan fingerprint density at radius 2 is 2.33 bits per heavy atom. The summed E-state index contributed by atoms with van der Waals surface area (Å²) in [6, 6.07) is 5.64. The molecule has 0 saturated heterocycles. The Hall–Kier alpha value is -1.57. The molecular formula is C11H10BNO4S. The number of benzene rings is 1. The van der Waals surface area contributed by atoms with Gasteiger partial charge in [0.2, 0.25) is 5.88 Å². The topological polar surface area (TPSA) is 82.6 Å². The molecule has 92 valence electrons. The van der Waals surface area contributed by atoms with E-state index in [0.717, 1.165) is 27.9 Å². The van der Waals surface area contributed by atoms with Crippen molar-refractivity contribution in [1.29, 1.82) is 0 Å². The van der Waals surface area contributed by atoms with E-state index in [-0.39, 0.29) is 10.8 Å². The first-order valence-corrected chi connectivity index (χ1v) is 6.28. The van der Waals surface area contributed by atoms with Gasteiger partial charge < -0.3 is 14.8 Å². The van der Waals surface area contributed by atoms with Crippen molar-refractivity contribution in [2.75, 3.05) is 0 Å². The van der Waals surface area contributed by atoms with Crippen molar-refractivity contribution in [3.05, 3.63) is 43.9 Å². The van der Waals surface area contributed by atoms with Gasteiger partial charge >= 0.3 is 12.0 Å². The summed E-state index contributed by atoms with van der Waals surface area (Å²) in [7, 11) is -0.922. The number of rotatable bonds is 2. The molecule has 18 heavy (non-hydrogen) atoms. The Labute approximate surface area is 107 Å². The summed E-state index contributed by atoms with van der Waals surface area (Å²) < 4.78 is 5.16. The summed E-state index contributed by atoms with van der Waals surface area (Å²) in [4.78, 5) is 13.7. The van der Waals surface area contributed by atoms with E-state index in [0.29, 0.717) is 17.9 Å². The van der Waals surface area contributed by atoms with Crippen LogP contribution >= 0.6 is 11.3 Å². The minimum absolute atomic E-state index is 0.101. The fourth-order valence-corrected chi connectivity index (χ4v) is 2.91. The summed E-state index contributed by atoms with van der Waals surface area (Å²) in [6.07, 6.45) is 0.402. The average molecular weight is 263 g/mol. The smallest absolute Gasteiger partial charge is 0.492 e. The van der Waals surface area contributed by atoms with Crippen LogP contribution in [-0.4, -0.2) is 22.2 Å². The highest BCUT2D eigenvalue weighted by molar-refractivity contribution is 7.09. The number of fused-ring (bicyclic) bond motifs is 1. The fraction of sp³-hybridized carbons (Fsp3) is 0.182. The lowest BCUT2D eigenvalue weighted by atomic mass is 9.75. The molecule has 1 aliphatic heterocycles. The molecular weight excluding hydrogens is 253 g/mol. The SMILES string of the molecule is O=c1[nH]c(O)c(Cc2cccc3c2B(O)OC3)s1. The van der Waals surface area contributed by atoms with Crippen LogP contribution in [0.1, 0.15) is 16.0 Å². The molecule has 0 radical (unpaired) electrons. The number of nitrogens with one attached hydrogen (secondary N) is 1. The number of aromatic amines is 1. The van der Waals surface area contributed by atoms with Crippen LogP contribution < -0.4 is 10.3 Å². The second-order valence-electron chi connectivity index (χ2n) is 4.12. The van der Waals surface area contributed by atoms with Crippen molar-refractivity contribution in [3.8, 4) is 5.88 Å². The minimum Gasteiger partial charge on any atom is -0.494 e. The molecule has 0 amide bonds. The predicted molar refractivity (Wildman–Crippen MR) is 68.2 cm³/mol. The van der Waals surface area contributed by atoms with Gasteiger partial charge in [0.1, 0.15) is 0 Å². The predicted octanol–water partition coefficient (Wildman–Crippen LogP) is -0.0495. The second-order valence-corrected chi connectivity index (χ2v) is 5.18. The number of aromatic hydroxyl groups is 1. The lowest BCUT2D eigenvalue weighted by Crippen LogP contribution is -2.31. The van der Waals surface area contributed by atoms with Crippen molar-refractivity contribution in [2.24, 2.45) is 0 Å². The van der Waals surface area contributed by atoms with Gasteiger partial charge in [-0.1, -0.05) is 29.5 Å². The fourth-order valence-electron chi connectivity index (χ4n) is 2.16. The van der Waals surface area contributed by atoms with E-state index < -0.39 is 7.12 Å². The molecule has 1 aromatic carbocycles. The molecule has 7 heteroatoms. The third-order valence-electron chi connectivity index (χ3n) is 2.98. The highest BCUT2D eigenvalue weighted by Gasteiger charge is 2.30. The standard InChI is InChI=1S/C11H10BNO4S/c14-10-8(18-11(15)13-10)4-6-2-1-3-7-5-17-12(16)9(6)7/h1-3,14,16H,4-5H2,(H,13,15). The molecule has 3 rings (SSSR count). The van der Waals surface area contributed by atoms with Crippen LogP contribution in [0.3, 0.4) is 0 Å². The van der Waals surface area contributed by atoms with E-state index in [1.807, 2.05) is 18.2 Å². The molecule has 0 atom stereocenters. The number of H-pyrrole nitrogens is 1. The molecule has 2 aromatic rings. The molecule has 0 saturated carbocycles. The number of thiazole rings is 1. The van der Waals surface area contributed by atoms with Crippen molar-refractivity contribution < 1.29 is 14.8 Å². The van der Waals surface area contributed by atoms with Crippen LogP contribution in [0.2, 0.25) is 0 Å². The zero-order chi connectivity index (χ0) is 12.7. The van der Waals surface area contributed by atoms with Crippen LogP contribution in [0.5, 0.6) is 5.88 Å².